The fraction of sp³-hybridized carbons (Fsp3) is 0.0625. The number of carboxylic acid groups (broad SMARTS) is 1. The first-order chi connectivity index (χ1) is 10.1. The molecule has 0 saturated heterocycles. The maximum atomic E-state index is 11.3. The number of benzene rings is 2. The van der Waals surface area contributed by atoms with Gasteiger partial charge in [-0.3, -0.25) is 0 Å². The van der Waals surface area contributed by atoms with Crippen LogP contribution in [0.4, 0.5) is 0 Å². The lowest BCUT2D eigenvalue weighted by Crippen LogP contribution is -1.99. The Hall–Kier alpha value is -1.78. The van der Waals surface area contributed by atoms with E-state index in [1.807, 2.05) is 47.0 Å². The quantitative estimate of drug-likeness (QED) is 0.725. The van der Waals surface area contributed by atoms with Crippen molar-refractivity contribution in [1.29, 1.82) is 0 Å². The van der Waals surface area contributed by atoms with E-state index in [0.717, 1.165) is 20.9 Å². The van der Waals surface area contributed by atoms with Crippen LogP contribution in [0.1, 0.15) is 15.9 Å². The third kappa shape index (κ3) is 2.69. The maximum Gasteiger partial charge on any atom is 0.337 e. The van der Waals surface area contributed by atoms with Gasteiger partial charge in [0.05, 0.1) is 5.56 Å². The summed E-state index contributed by atoms with van der Waals surface area (Å²) in [6.07, 6.45) is 1.66. The van der Waals surface area contributed by atoms with Crippen LogP contribution in [0.3, 0.4) is 0 Å². The molecule has 0 saturated carbocycles. The van der Waals surface area contributed by atoms with Crippen molar-refractivity contribution in [2.75, 3.05) is 0 Å². The number of halogens is 2. The van der Waals surface area contributed by atoms with Gasteiger partial charge in [0.1, 0.15) is 0 Å². The van der Waals surface area contributed by atoms with Crippen molar-refractivity contribution in [3.05, 3.63) is 69.3 Å². The van der Waals surface area contributed by atoms with E-state index in [9.17, 15) is 9.90 Å². The second kappa shape index (κ2) is 5.54. The number of aromatic nitrogens is 1. The number of hydrogen-bond acceptors (Lipinski definition) is 1. The first-order valence-electron chi connectivity index (χ1n) is 6.31. The summed E-state index contributed by atoms with van der Waals surface area (Å²) in [5.41, 5.74) is 2.13. The van der Waals surface area contributed by atoms with Gasteiger partial charge in [0, 0.05) is 33.1 Å². The number of aromatic carboxylic acids is 1. The zero-order valence-electron chi connectivity index (χ0n) is 10.9. The van der Waals surface area contributed by atoms with E-state index in [-0.39, 0.29) is 0 Å². The molecule has 0 aliphatic carbocycles. The van der Waals surface area contributed by atoms with Crippen LogP contribution in [0.25, 0.3) is 10.9 Å². The molecule has 0 atom stereocenters. The van der Waals surface area contributed by atoms with E-state index >= 15 is 0 Å². The molecule has 0 aliphatic heterocycles. The van der Waals surface area contributed by atoms with Gasteiger partial charge in [-0.2, -0.15) is 0 Å². The average molecular weight is 365 g/mol. The van der Waals surface area contributed by atoms with Crippen molar-refractivity contribution < 1.29 is 9.90 Å². The molecule has 0 aliphatic rings. The van der Waals surface area contributed by atoms with Gasteiger partial charge in [-0.25, -0.2) is 4.79 Å². The van der Waals surface area contributed by atoms with Gasteiger partial charge < -0.3 is 9.67 Å². The van der Waals surface area contributed by atoms with E-state index in [2.05, 4.69) is 15.9 Å². The highest BCUT2D eigenvalue weighted by atomic mass is 79.9. The monoisotopic (exact) mass is 363 g/mol. The molecular weight excluding hydrogens is 354 g/mol. The SMILES string of the molecule is O=C(O)c1cn(Cc2ccc(Br)cc2Cl)c2ccccc12. The minimum absolute atomic E-state index is 0.304. The van der Waals surface area contributed by atoms with Gasteiger partial charge in [0.25, 0.3) is 0 Å². The molecule has 1 aromatic heterocycles. The van der Waals surface area contributed by atoms with Crippen LogP contribution in [0, 0.1) is 0 Å². The third-order valence-corrected chi connectivity index (χ3v) is 4.22. The van der Waals surface area contributed by atoms with Crippen LogP contribution in [0.2, 0.25) is 5.02 Å². The second-order valence-electron chi connectivity index (χ2n) is 4.73. The summed E-state index contributed by atoms with van der Waals surface area (Å²) in [6, 6.07) is 13.2. The van der Waals surface area contributed by atoms with Crippen LogP contribution >= 0.6 is 27.5 Å². The van der Waals surface area contributed by atoms with Crippen LogP contribution in [-0.2, 0) is 6.54 Å². The van der Waals surface area contributed by atoms with E-state index in [1.54, 1.807) is 6.20 Å². The molecule has 106 valence electrons. The predicted molar refractivity (Wildman–Crippen MR) is 87.2 cm³/mol. The molecule has 2 aromatic carbocycles. The van der Waals surface area contributed by atoms with Crippen molar-refractivity contribution in [1.82, 2.24) is 4.57 Å². The van der Waals surface area contributed by atoms with E-state index in [1.165, 1.54) is 0 Å². The van der Waals surface area contributed by atoms with Crippen molar-refractivity contribution in [3.63, 3.8) is 0 Å². The van der Waals surface area contributed by atoms with Crippen molar-refractivity contribution in [3.8, 4) is 0 Å². The highest BCUT2D eigenvalue weighted by Crippen LogP contribution is 2.26. The number of rotatable bonds is 3. The fourth-order valence-electron chi connectivity index (χ4n) is 2.38. The number of hydrogen-bond donors (Lipinski definition) is 1. The lowest BCUT2D eigenvalue weighted by molar-refractivity contribution is 0.0699. The molecule has 0 radical (unpaired) electrons. The van der Waals surface area contributed by atoms with Gasteiger partial charge in [0.15, 0.2) is 0 Å². The fourth-order valence-corrected chi connectivity index (χ4v) is 3.11. The Morgan fingerprint density at radius 2 is 2.00 bits per heavy atom. The number of carboxylic acids is 1. The van der Waals surface area contributed by atoms with Gasteiger partial charge >= 0.3 is 5.97 Å². The van der Waals surface area contributed by atoms with Gasteiger partial charge in [-0.05, 0) is 23.8 Å². The van der Waals surface area contributed by atoms with Crippen LogP contribution in [0.5, 0.6) is 0 Å². The molecule has 0 spiro atoms. The van der Waals surface area contributed by atoms with Crippen molar-refractivity contribution >= 4 is 44.4 Å². The normalized spacial score (nSPS) is 11.0. The van der Waals surface area contributed by atoms with Crippen molar-refractivity contribution in [2.45, 2.75) is 6.54 Å². The molecular formula is C16H11BrClNO2. The predicted octanol–water partition coefficient (Wildman–Crippen LogP) is 4.80. The summed E-state index contributed by atoms with van der Waals surface area (Å²) in [7, 11) is 0. The highest BCUT2D eigenvalue weighted by Gasteiger charge is 2.14. The molecule has 0 amide bonds. The second-order valence-corrected chi connectivity index (χ2v) is 6.05. The Bertz CT molecular complexity index is 841. The smallest absolute Gasteiger partial charge is 0.337 e. The molecule has 3 rings (SSSR count). The Morgan fingerprint density at radius 3 is 2.71 bits per heavy atom. The van der Waals surface area contributed by atoms with Crippen LogP contribution in [0.15, 0.2) is 53.1 Å². The molecule has 3 aromatic rings. The molecule has 0 bridgehead atoms. The number of para-hydroxylation sites is 1. The zero-order chi connectivity index (χ0) is 15.0. The summed E-state index contributed by atoms with van der Waals surface area (Å²) in [5.74, 6) is -0.924. The molecule has 3 nitrogen and oxygen atoms in total. The summed E-state index contributed by atoms with van der Waals surface area (Å²) < 4.78 is 2.83. The zero-order valence-corrected chi connectivity index (χ0v) is 13.2. The molecule has 1 N–H and O–H groups in total. The third-order valence-electron chi connectivity index (χ3n) is 3.37. The summed E-state index contributed by atoms with van der Waals surface area (Å²) in [4.78, 5) is 11.3. The van der Waals surface area contributed by atoms with Gasteiger partial charge in [0.2, 0.25) is 0 Å². The van der Waals surface area contributed by atoms with Crippen LogP contribution < -0.4 is 0 Å². The lowest BCUT2D eigenvalue weighted by Gasteiger charge is -2.08. The first kappa shape index (κ1) is 14.2. The summed E-state index contributed by atoms with van der Waals surface area (Å²) >= 11 is 9.62. The topological polar surface area (TPSA) is 42.2 Å². The number of carbonyl (C=O) groups is 1. The number of fused-ring (bicyclic) bond motifs is 1. The van der Waals surface area contributed by atoms with Crippen LogP contribution in [-0.4, -0.2) is 15.6 Å². The molecule has 21 heavy (non-hydrogen) atoms. The summed E-state index contributed by atoms with van der Waals surface area (Å²) in [5, 5.41) is 10.7. The molecule has 0 fully saturated rings. The Kier molecular flexibility index (Phi) is 3.74. The van der Waals surface area contributed by atoms with E-state index < -0.39 is 5.97 Å². The molecule has 0 unspecified atom stereocenters. The standard InChI is InChI=1S/C16H11BrClNO2/c17-11-6-5-10(14(18)7-11)8-19-9-13(16(20)21)12-3-1-2-4-15(12)19/h1-7,9H,8H2,(H,20,21). The van der Waals surface area contributed by atoms with E-state index in [0.29, 0.717) is 17.1 Å². The Balaban J connectivity index is 2.10. The minimum atomic E-state index is -0.924. The number of nitrogens with zero attached hydrogens (tertiary/aromatic N) is 1. The largest absolute Gasteiger partial charge is 0.478 e. The highest BCUT2D eigenvalue weighted by molar-refractivity contribution is 9.10. The minimum Gasteiger partial charge on any atom is -0.478 e. The van der Waals surface area contributed by atoms with Gasteiger partial charge in [-0.1, -0.05) is 51.8 Å². The Labute approximate surface area is 134 Å². The average Bonchev–Trinajstić information content (AvgIpc) is 2.81. The van der Waals surface area contributed by atoms with Gasteiger partial charge in [-0.15, -0.1) is 0 Å². The molecule has 1 heterocycles. The maximum absolute atomic E-state index is 11.3. The first-order valence-corrected chi connectivity index (χ1v) is 7.48. The lowest BCUT2D eigenvalue weighted by atomic mass is 10.2. The Morgan fingerprint density at radius 1 is 1.24 bits per heavy atom. The van der Waals surface area contributed by atoms with Crippen molar-refractivity contribution in [2.24, 2.45) is 0 Å². The van der Waals surface area contributed by atoms with E-state index in [4.69, 9.17) is 11.6 Å². The molecule has 5 heteroatoms. The summed E-state index contributed by atoms with van der Waals surface area (Å²) in [6.45, 7) is 0.528.